The van der Waals surface area contributed by atoms with Crippen LogP contribution in [0.5, 0.6) is 0 Å². The summed E-state index contributed by atoms with van der Waals surface area (Å²) in [5, 5.41) is 12.7. The Balaban J connectivity index is 1.47. The number of carbonyl (C=O) groups is 2. The molecule has 4 aromatic rings. The Hall–Kier alpha value is -3.05. The number of carbonyl (C=O) groups excluding carboxylic acids is 2. The molecule has 0 aliphatic rings. The first-order valence-electron chi connectivity index (χ1n) is 8.63. The molecule has 4 rings (SSSR count). The van der Waals surface area contributed by atoms with Gasteiger partial charge in [0.1, 0.15) is 11.0 Å². The highest BCUT2D eigenvalue weighted by Crippen LogP contribution is 2.30. The number of fused-ring (bicyclic) bond motifs is 3. The van der Waals surface area contributed by atoms with Crippen LogP contribution in [0.2, 0.25) is 0 Å². The molecule has 3 aromatic heterocycles. The van der Waals surface area contributed by atoms with E-state index in [1.165, 1.54) is 30.0 Å². The van der Waals surface area contributed by atoms with Crippen LogP contribution >= 0.6 is 23.1 Å². The maximum absolute atomic E-state index is 12.3. The lowest BCUT2D eigenvalue weighted by Crippen LogP contribution is -2.14. The SMILES string of the molecule is CC(=O)c1ccc(NC(=O)CSc2nnc3c4sc(N(C)C)nc4ncn23)cc1. The Kier molecular flexibility index (Phi) is 5.16. The zero-order chi connectivity index (χ0) is 20.5. The summed E-state index contributed by atoms with van der Waals surface area (Å²) in [5.74, 6) is -0.0265. The number of thiazole rings is 1. The monoisotopic (exact) mass is 427 g/mol. The van der Waals surface area contributed by atoms with Crippen LogP contribution in [-0.2, 0) is 4.79 Å². The topological polar surface area (TPSA) is 105 Å². The number of nitrogens with one attached hydrogen (secondary N) is 1. The van der Waals surface area contributed by atoms with Crippen molar-refractivity contribution in [3.63, 3.8) is 0 Å². The van der Waals surface area contributed by atoms with E-state index in [2.05, 4.69) is 25.5 Å². The minimum Gasteiger partial charge on any atom is -0.354 e. The third-order valence-electron chi connectivity index (χ3n) is 4.05. The van der Waals surface area contributed by atoms with Crippen molar-refractivity contribution in [2.45, 2.75) is 12.1 Å². The van der Waals surface area contributed by atoms with Gasteiger partial charge in [0.05, 0.1) is 5.75 Å². The molecular weight excluding hydrogens is 410 g/mol. The van der Waals surface area contributed by atoms with E-state index >= 15 is 0 Å². The lowest BCUT2D eigenvalue weighted by atomic mass is 10.1. The third kappa shape index (κ3) is 3.91. The van der Waals surface area contributed by atoms with Crippen LogP contribution < -0.4 is 10.2 Å². The molecule has 3 heterocycles. The fourth-order valence-electron chi connectivity index (χ4n) is 2.59. The fourth-order valence-corrected chi connectivity index (χ4v) is 4.21. The van der Waals surface area contributed by atoms with Gasteiger partial charge in [-0.3, -0.25) is 14.0 Å². The summed E-state index contributed by atoms with van der Waals surface area (Å²) >= 11 is 2.76. The molecule has 1 aromatic carbocycles. The van der Waals surface area contributed by atoms with Gasteiger partial charge < -0.3 is 10.2 Å². The molecule has 0 bridgehead atoms. The zero-order valence-electron chi connectivity index (χ0n) is 15.9. The third-order valence-corrected chi connectivity index (χ3v) is 6.20. The highest BCUT2D eigenvalue weighted by Gasteiger charge is 2.16. The average molecular weight is 428 g/mol. The maximum atomic E-state index is 12.3. The van der Waals surface area contributed by atoms with E-state index in [4.69, 9.17) is 0 Å². The lowest BCUT2D eigenvalue weighted by Gasteiger charge is -2.05. The predicted molar refractivity (Wildman–Crippen MR) is 114 cm³/mol. The van der Waals surface area contributed by atoms with Gasteiger partial charge in [0.15, 0.2) is 27.4 Å². The van der Waals surface area contributed by atoms with E-state index in [-0.39, 0.29) is 17.4 Å². The van der Waals surface area contributed by atoms with Crippen LogP contribution in [0.1, 0.15) is 17.3 Å². The molecule has 0 spiro atoms. The van der Waals surface area contributed by atoms with E-state index in [9.17, 15) is 9.59 Å². The standard InChI is InChI=1S/C18H17N7O2S2/c1-10(26)11-4-6-12(7-5-11)20-13(27)8-28-18-23-22-16-14-15(19-9-25(16)18)21-17(29-14)24(2)3/h4-7,9H,8H2,1-3H3,(H,20,27). The fraction of sp³-hybridized carbons (Fsp3) is 0.222. The van der Waals surface area contributed by atoms with Gasteiger partial charge in [0, 0.05) is 25.3 Å². The van der Waals surface area contributed by atoms with Gasteiger partial charge in [-0.15, -0.1) is 10.2 Å². The second-order valence-corrected chi connectivity index (χ2v) is 8.35. The first-order valence-corrected chi connectivity index (χ1v) is 10.4. The first kappa shape index (κ1) is 19.3. The predicted octanol–water partition coefficient (Wildman–Crippen LogP) is 2.73. The van der Waals surface area contributed by atoms with Gasteiger partial charge in [-0.25, -0.2) is 4.98 Å². The van der Waals surface area contributed by atoms with Crippen molar-refractivity contribution in [1.82, 2.24) is 24.6 Å². The highest BCUT2D eigenvalue weighted by molar-refractivity contribution is 7.99. The molecule has 148 valence electrons. The Labute approximate surface area is 174 Å². The summed E-state index contributed by atoms with van der Waals surface area (Å²) in [7, 11) is 3.85. The van der Waals surface area contributed by atoms with Gasteiger partial charge in [0.25, 0.3) is 0 Å². The Morgan fingerprint density at radius 3 is 2.66 bits per heavy atom. The van der Waals surface area contributed by atoms with Crippen LogP contribution in [0, 0.1) is 0 Å². The number of anilines is 2. The molecule has 0 aliphatic carbocycles. The van der Waals surface area contributed by atoms with Crippen molar-refractivity contribution < 1.29 is 9.59 Å². The minimum atomic E-state index is -0.177. The van der Waals surface area contributed by atoms with E-state index in [0.717, 1.165) is 9.83 Å². The zero-order valence-corrected chi connectivity index (χ0v) is 17.5. The van der Waals surface area contributed by atoms with Crippen molar-refractivity contribution >= 4 is 61.6 Å². The molecule has 1 N–H and O–H groups in total. The summed E-state index contributed by atoms with van der Waals surface area (Å²) in [5.41, 5.74) is 2.53. The van der Waals surface area contributed by atoms with Gasteiger partial charge in [-0.2, -0.15) is 4.98 Å². The van der Waals surface area contributed by atoms with Crippen LogP contribution in [0.25, 0.3) is 16.0 Å². The van der Waals surface area contributed by atoms with Gasteiger partial charge in [-0.1, -0.05) is 23.1 Å². The Morgan fingerprint density at radius 1 is 1.21 bits per heavy atom. The van der Waals surface area contributed by atoms with Crippen molar-refractivity contribution in [1.29, 1.82) is 0 Å². The summed E-state index contributed by atoms with van der Waals surface area (Å²) in [6, 6.07) is 6.79. The van der Waals surface area contributed by atoms with Crippen molar-refractivity contribution in [2.24, 2.45) is 0 Å². The second-order valence-electron chi connectivity index (χ2n) is 6.43. The largest absolute Gasteiger partial charge is 0.354 e. The number of hydrogen-bond acceptors (Lipinski definition) is 9. The number of ketones is 1. The molecule has 29 heavy (non-hydrogen) atoms. The molecule has 0 radical (unpaired) electrons. The van der Waals surface area contributed by atoms with Crippen LogP contribution in [0.4, 0.5) is 10.8 Å². The number of hydrogen-bond donors (Lipinski definition) is 1. The smallest absolute Gasteiger partial charge is 0.234 e. The van der Waals surface area contributed by atoms with Crippen LogP contribution in [0.3, 0.4) is 0 Å². The number of aromatic nitrogens is 5. The number of benzene rings is 1. The molecule has 0 unspecified atom stereocenters. The number of amides is 1. The van der Waals surface area contributed by atoms with E-state index < -0.39 is 0 Å². The normalized spacial score (nSPS) is 11.1. The summed E-state index contributed by atoms with van der Waals surface area (Å²) in [6.07, 6.45) is 1.62. The molecule has 11 heteroatoms. The number of rotatable bonds is 6. The summed E-state index contributed by atoms with van der Waals surface area (Å²) in [4.78, 5) is 34.4. The van der Waals surface area contributed by atoms with Crippen molar-refractivity contribution in [3.8, 4) is 0 Å². The first-order chi connectivity index (χ1) is 13.9. The van der Waals surface area contributed by atoms with Gasteiger partial charge in [0.2, 0.25) is 5.91 Å². The second kappa shape index (κ2) is 7.76. The molecule has 0 aliphatic heterocycles. The van der Waals surface area contributed by atoms with Gasteiger partial charge in [-0.05, 0) is 31.2 Å². The molecule has 0 fully saturated rings. The number of Topliss-reactive ketones (excluding diaryl/α,β-unsaturated/α-hetero) is 1. The van der Waals surface area contributed by atoms with E-state index in [1.807, 2.05) is 19.0 Å². The molecule has 0 atom stereocenters. The average Bonchev–Trinajstić information content (AvgIpc) is 3.30. The highest BCUT2D eigenvalue weighted by atomic mass is 32.2. The van der Waals surface area contributed by atoms with Crippen molar-refractivity contribution in [3.05, 3.63) is 36.2 Å². The molecule has 0 saturated carbocycles. The van der Waals surface area contributed by atoms with Crippen molar-refractivity contribution in [2.75, 3.05) is 30.1 Å². The maximum Gasteiger partial charge on any atom is 0.234 e. The molecule has 1 amide bonds. The molecule has 9 nitrogen and oxygen atoms in total. The lowest BCUT2D eigenvalue weighted by molar-refractivity contribution is -0.113. The van der Waals surface area contributed by atoms with Crippen LogP contribution in [-0.4, -0.2) is 56.1 Å². The van der Waals surface area contributed by atoms with Crippen LogP contribution in [0.15, 0.2) is 35.7 Å². The molecular formula is C18H17N7O2S2. The van der Waals surface area contributed by atoms with Gasteiger partial charge >= 0.3 is 0 Å². The Bertz CT molecular complexity index is 1210. The minimum absolute atomic E-state index is 0.0153. The summed E-state index contributed by atoms with van der Waals surface area (Å²) in [6.45, 7) is 1.50. The quantitative estimate of drug-likeness (QED) is 0.370. The number of nitrogens with zero attached hydrogens (tertiary/aromatic N) is 6. The molecule has 0 saturated heterocycles. The van der Waals surface area contributed by atoms with E-state index in [0.29, 0.717) is 27.7 Å². The number of thioether (sulfide) groups is 1. The summed E-state index contributed by atoms with van der Waals surface area (Å²) < 4.78 is 2.62. The van der Waals surface area contributed by atoms with E-state index in [1.54, 1.807) is 35.0 Å². The Morgan fingerprint density at radius 2 is 1.97 bits per heavy atom.